The highest BCUT2D eigenvalue weighted by atomic mass is 35.5. The molecule has 2 N–H and O–H groups in total. The number of hydrogen-bond donors (Lipinski definition) is 1. The second-order valence-electron chi connectivity index (χ2n) is 4.15. The molecular formula is C12H15ClN2OS. The molecule has 0 saturated carbocycles. The van der Waals surface area contributed by atoms with Crippen LogP contribution in [-0.4, -0.2) is 30.4 Å². The van der Waals surface area contributed by atoms with E-state index in [1.54, 1.807) is 6.08 Å². The van der Waals surface area contributed by atoms with Crippen LogP contribution in [0.5, 0.6) is 0 Å². The molecule has 2 rings (SSSR count). The lowest BCUT2D eigenvalue weighted by atomic mass is 10.1. The average Bonchev–Trinajstić information content (AvgIpc) is 2.94. The number of thiophene rings is 1. The standard InChI is InChI=1S/C12H15ClN2OS/c13-11-3-1-10(17-11)2-4-12(16)15-6-5-9(7-14)8-15/h1-4,9H,5-8,14H2. The van der Waals surface area contributed by atoms with Crippen molar-refractivity contribution in [1.82, 2.24) is 4.90 Å². The lowest BCUT2D eigenvalue weighted by Crippen LogP contribution is -2.28. The van der Waals surface area contributed by atoms with E-state index in [4.69, 9.17) is 17.3 Å². The predicted molar refractivity (Wildman–Crippen MR) is 72.1 cm³/mol. The molecular weight excluding hydrogens is 256 g/mol. The van der Waals surface area contributed by atoms with Crippen LogP contribution in [0.1, 0.15) is 11.3 Å². The van der Waals surface area contributed by atoms with Crippen molar-refractivity contribution in [2.75, 3.05) is 19.6 Å². The molecule has 0 bridgehead atoms. The topological polar surface area (TPSA) is 46.3 Å². The van der Waals surface area contributed by atoms with E-state index in [-0.39, 0.29) is 5.91 Å². The zero-order valence-electron chi connectivity index (χ0n) is 9.43. The highest BCUT2D eigenvalue weighted by molar-refractivity contribution is 7.17. The van der Waals surface area contributed by atoms with Crippen LogP contribution in [0.25, 0.3) is 6.08 Å². The van der Waals surface area contributed by atoms with Crippen molar-refractivity contribution < 1.29 is 4.79 Å². The Balaban J connectivity index is 1.91. The number of nitrogens with zero attached hydrogens (tertiary/aromatic N) is 1. The third-order valence-corrected chi connectivity index (χ3v) is 4.11. The Kier molecular flexibility index (Phi) is 4.20. The van der Waals surface area contributed by atoms with Gasteiger partial charge in [-0.25, -0.2) is 0 Å². The molecule has 1 unspecified atom stereocenters. The third-order valence-electron chi connectivity index (χ3n) is 2.92. The molecule has 17 heavy (non-hydrogen) atoms. The summed E-state index contributed by atoms with van der Waals surface area (Å²) in [4.78, 5) is 14.7. The average molecular weight is 271 g/mol. The Bertz CT molecular complexity index is 430. The molecule has 0 spiro atoms. The minimum atomic E-state index is 0.0606. The van der Waals surface area contributed by atoms with Gasteiger partial charge in [0.25, 0.3) is 0 Å². The van der Waals surface area contributed by atoms with E-state index in [1.165, 1.54) is 11.3 Å². The Morgan fingerprint density at radius 2 is 2.47 bits per heavy atom. The summed E-state index contributed by atoms with van der Waals surface area (Å²) in [6.07, 6.45) is 4.44. The number of carbonyl (C=O) groups excluding carboxylic acids is 1. The molecule has 1 saturated heterocycles. The molecule has 1 aliphatic heterocycles. The van der Waals surface area contributed by atoms with Crippen LogP contribution in [-0.2, 0) is 4.79 Å². The van der Waals surface area contributed by atoms with Gasteiger partial charge >= 0.3 is 0 Å². The second-order valence-corrected chi connectivity index (χ2v) is 5.90. The van der Waals surface area contributed by atoms with E-state index in [0.29, 0.717) is 12.5 Å². The monoisotopic (exact) mass is 270 g/mol. The molecule has 0 radical (unpaired) electrons. The van der Waals surface area contributed by atoms with Crippen molar-refractivity contribution in [2.24, 2.45) is 11.7 Å². The van der Waals surface area contributed by atoms with Gasteiger partial charge in [0.2, 0.25) is 5.91 Å². The SMILES string of the molecule is NCC1CCN(C(=O)C=Cc2ccc(Cl)s2)C1. The van der Waals surface area contributed by atoms with Gasteiger partial charge < -0.3 is 10.6 Å². The van der Waals surface area contributed by atoms with E-state index in [2.05, 4.69) is 0 Å². The fraction of sp³-hybridized carbons (Fsp3) is 0.417. The largest absolute Gasteiger partial charge is 0.339 e. The Morgan fingerprint density at radius 3 is 3.06 bits per heavy atom. The highest BCUT2D eigenvalue weighted by Gasteiger charge is 2.23. The van der Waals surface area contributed by atoms with Crippen molar-refractivity contribution in [2.45, 2.75) is 6.42 Å². The summed E-state index contributed by atoms with van der Waals surface area (Å²) in [7, 11) is 0. The number of nitrogens with two attached hydrogens (primary N) is 1. The fourth-order valence-corrected chi connectivity index (χ4v) is 2.87. The van der Waals surface area contributed by atoms with Gasteiger partial charge in [-0.2, -0.15) is 0 Å². The zero-order valence-corrected chi connectivity index (χ0v) is 11.0. The Morgan fingerprint density at radius 1 is 1.65 bits per heavy atom. The van der Waals surface area contributed by atoms with Gasteiger partial charge in [0.1, 0.15) is 0 Å². The van der Waals surface area contributed by atoms with Gasteiger partial charge in [-0.3, -0.25) is 4.79 Å². The van der Waals surface area contributed by atoms with E-state index < -0.39 is 0 Å². The minimum Gasteiger partial charge on any atom is -0.339 e. The number of amides is 1. The predicted octanol–water partition coefficient (Wildman–Crippen LogP) is 2.22. The summed E-state index contributed by atoms with van der Waals surface area (Å²) in [5, 5.41) is 0. The first-order chi connectivity index (χ1) is 8.19. The van der Waals surface area contributed by atoms with Crippen LogP contribution in [0.3, 0.4) is 0 Å². The highest BCUT2D eigenvalue weighted by Crippen LogP contribution is 2.22. The van der Waals surface area contributed by atoms with Crippen molar-refractivity contribution in [3.8, 4) is 0 Å². The first-order valence-corrected chi connectivity index (χ1v) is 6.81. The molecule has 0 aromatic carbocycles. The molecule has 5 heteroatoms. The number of carbonyl (C=O) groups is 1. The lowest BCUT2D eigenvalue weighted by molar-refractivity contribution is -0.125. The smallest absolute Gasteiger partial charge is 0.246 e. The van der Waals surface area contributed by atoms with Crippen molar-refractivity contribution in [3.63, 3.8) is 0 Å². The number of hydrogen-bond acceptors (Lipinski definition) is 3. The maximum absolute atomic E-state index is 11.9. The molecule has 92 valence electrons. The summed E-state index contributed by atoms with van der Waals surface area (Å²) in [6.45, 7) is 2.26. The molecule has 1 atom stereocenters. The maximum atomic E-state index is 11.9. The molecule has 1 aromatic rings. The van der Waals surface area contributed by atoms with Crippen LogP contribution >= 0.6 is 22.9 Å². The summed E-state index contributed by atoms with van der Waals surface area (Å²) in [5.74, 6) is 0.522. The fourth-order valence-electron chi connectivity index (χ4n) is 1.90. The van der Waals surface area contributed by atoms with E-state index in [0.717, 1.165) is 28.7 Å². The molecule has 3 nitrogen and oxygen atoms in total. The van der Waals surface area contributed by atoms with Gasteiger partial charge in [0, 0.05) is 24.0 Å². The van der Waals surface area contributed by atoms with Crippen LogP contribution in [0.15, 0.2) is 18.2 Å². The molecule has 1 amide bonds. The summed E-state index contributed by atoms with van der Waals surface area (Å²) >= 11 is 7.28. The zero-order chi connectivity index (χ0) is 12.3. The van der Waals surface area contributed by atoms with E-state index in [1.807, 2.05) is 23.1 Å². The maximum Gasteiger partial charge on any atom is 0.246 e. The first kappa shape index (κ1) is 12.6. The summed E-state index contributed by atoms with van der Waals surface area (Å²) < 4.78 is 0.737. The Labute approximate surface area is 110 Å². The minimum absolute atomic E-state index is 0.0606. The van der Waals surface area contributed by atoms with Crippen molar-refractivity contribution in [1.29, 1.82) is 0 Å². The first-order valence-electron chi connectivity index (χ1n) is 5.61. The van der Waals surface area contributed by atoms with Gasteiger partial charge in [-0.05, 0) is 37.1 Å². The normalized spacial score (nSPS) is 20.4. The Hall–Kier alpha value is -0.840. The van der Waals surface area contributed by atoms with Crippen LogP contribution < -0.4 is 5.73 Å². The molecule has 1 fully saturated rings. The lowest BCUT2D eigenvalue weighted by Gasteiger charge is -2.13. The van der Waals surface area contributed by atoms with Gasteiger partial charge in [-0.1, -0.05) is 11.6 Å². The third kappa shape index (κ3) is 3.31. The second kappa shape index (κ2) is 5.67. The van der Waals surface area contributed by atoms with Crippen molar-refractivity contribution >= 4 is 34.9 Å². The van der Waals surface area contributed by atoms with Crippen LogP contribution in [0.4, 0.5) is 0 Å². The summed E-state index contributed by atoms with van der Waals surface area (Å²) in [6, 6.07) is 3.74. The molecule has 2 heterocycles. The molecule has 1 aliphatic rings. The van der Waals surface area contributed by atoms with Gasteiger partial charge in [0.15, 0.2) is 0 Å². The number of halogens is 1. The van der Waals surface area contributed by atoms with E-state index in [9.17, 15) is 4.79 Å². The number of rotatable bonds is 3. The van der Waals surface area contributed by atoms with Gasteiger partial charge in [-0.15, -0.1) is 11.3 Å². The van der Waals surface area contributed by atoms with Crippen LogP contribution in [0.2, 0.25) is 4.34 Å². The van der Waals surface area contributed by atoms with E-state index >= 15 is 0 Å². The molecule has 0 aliphatic carbocycles. The number of likely N-dealkylation sites (tertiary alicyclic amines) is 1. The summed E-state index contributed by atoms with van der Waals surface area (Å²) in [5.41, 5.74) is 5.59. The van der Waals surface area contributed by atoms with Crippen LogP contribution in [0, 0.1) is 5.92 Å². The quantitative estimate of drug-likeness (QED) is 0.856. The van der Waals surface area contributed by atoms with Gasteiger partial charge in [0.05, 0.1) is 4.34 Å². The van der Waals surface area contributed by atoms with Crippen molar-refractivity contribution in [3.05, 3.63) is 27.4 Å². The molecule has 1 aromatic heterocycles.